The van der Waals surface area contributed by atoms with E-state index in [0.29, 0.717) is 10.3 Å². The Morgan fingerprint density at radius 2 is 2.13 bits per heavy atom. The largest absolute Gasteiger partial charge is 0.394 e. The molecular formula is C7H12BrN5O2. The summed E-state index contributed by atoms with van der Waals surface area (Å²) in [5.74, 6) is 5.84. The Balaban J connectivity index is 2.82. The molecule has 0 radical (unpaired) electrons. The van der Waals surface area contributed by atoms with Crippen molar-refractivity contribution in [3.63, 3.8) is 0 Å². The lowest BCUT2D eigenvalue weighted by Crippen LogP contribution is -2.28. The van der Waals surface area contributed by atoms with Crippen molar-refractivity contribution < 1.29 is 10.2 Å². The van der Waals surface area contributed by atoms with Gasteiger partial charge in [0.1, 0.15) is 5.82 Å². The molecule has 1 aromatic heterocycles. The third-order valence-corrected chi connectivity index (χ3v) is 2.24. The number of hydrogen-bond acceptors (Lipinski definition) is 7. The van der Waals surface area contributed by atoms with Gasteiger partial charge >= 0.3 is 0 Å². The van der Waals surface area contributed by atoms with Crippen LogP contribution in [-0.4, -0.2) is 39.4 Å². The fraction of sp³-hybridized carbons (Fsp3) is 0.429. The molecule has 0 fully saturated rings. The normalized spacial score (nSPS) is 10.5. The van der Waals surface area contributed by atoms with Crippen LogP contribution in [0, 0.1) is 0 Å². The van der Waals surface area contributed by atoms with Crippen LogP contribution >= 0.6 is 15.9 Å². The lowest BCUT2D eigenvalue weighted by atomic mass is 10.3. The van der Waals surface area contributed by atoms with Crippen molar-refractivity contribution in [1.29, 1.82) is 0 Å². The van der Waals surface area contributed by atoms with Crippen LogP contribution in [0.15, 0.2) is 10.7 Å². The molecule has 8 heteroatoms. The maximum atomic E-state index is 8.88. The number of halogens is 1. The van der Waals surface area contributed by atoms with Crippen LogP contribution in [0.5, 0.6) is 0 Å². The lowest BCUT2D eigenvalue weighted by Gasteiger charge is -2.15. The van der Waals surface area contributed by atoms with Gasteiger partial charge in [0.15, 0.2) is 0 Å². The monoisotopic (exact) mass is 277 g/mol. The molecule has 0 aromatic carbocycles. The lowest BCUT2D eigenvalue weighted by molar-refractivity contribution is 0.203. The first kappa shape index (κ1) is 12.1. The van der Waals surface area contributed by atoms with E-state index >= 15 is 0 Å². The molecule has 84 valence electrons. The van der Waals surface area contributed by atoms with Crippen LogP contribution in [0.4, 0.5) is 11.8 Å². The fourth-order valence-electron chi connectivity index (χ4n) is 0.880. The number of aliphatic hydroxyl groups is 2. The van der Waals surface area contributed by atoms with Gasteiger partial charge in [-0.3, -0.25) is 5.43 Å². The van der Waals surface area contributed by atoms with E-state index in [4.69, 9.17) is 16.1 Å². The Hall–Kier alpha value is -0.960. The maximum Gasteiger partial charge on any atom is 0.239 e. The summed E-state index contributed by atoms with van der Waals surface area (Å²) in [6.45, 7) is -0.392. The van der Waals surface area contributed by atoms with Crippen molar-refractivity contribution >= 4 is 27.7 Å². The van der Waals surface area contributed by atoms with Crippen LogP contribution in [0.1, 0.15) is 0 Å². The van der Waals surface area contributed by atoms with E-state index in [9.17, 15) is 0 Å². The third kappa shape index (κ3) is 3.27. The van der Waals surface area contributed by atoms with Gasteiger partial charge < -0.3 is 15.5 Å². The summed E-state index contributed by atoms with van der Waals surface area (Å²) in [5, 5.41) is 20.6. The van der Waals surface area contributed by atoms with Gasteiger partial charge in [0, 0.05) is 6.20 Å². The molecule has 1 heterocycles. The molecular weight excluding hydrogens is 266 g/mol. The van der Waals surface area contributed by atoms with Gasteiger partial charge in [0.05, 0.1) is 23.7 Å². The van der Waals surface area contributed by atoms with Crippen molar-refractivity contribution in [2.24, 2.45) is 5.84 Å². The number of nitrogens with zero attached hydrogens (tertiary/aromatic N) is 2. The number of aliphatic hydroxyl groups excluding tert-OH is 2. The third-order valence-electron chi connectivity index (χ3n) is 1.65. The minimum atomic E-state index is -0.471. The first-order chi connectivity index (χ1) is 7.21. The SMILES string of the molecule is NNc1ncc(Br)c(NC(CO)CO)n1. The molecule has 7 nitrogen and oxygen atoms in total. The van der Waals surface area contributed by atoms with Crippen molar-refractivity contribution in [3.05, 3.63) is 10.7 Å². The molecule has 0 saturated carbocycles. The van der Waals surface area contributed by atoms with Crippen LogP contribution in [-0.2, 0) is 0 Å². The second-order valence-corrected chi connectivity index (χ2v) is 3.60. The van der Waals surface area contributed by atoms with E-state index in [2.05, 4.69) is 36.6 Å². The summed E-state index contributed by atoms with van der Waals surface area (Å²) in [7, 11) is 0. The van der Waals surface area contributed by atoms with Crippen molar-refractivity contribution in [2.45, 2.75) is 6.04 Å². The van der Waals surface area contributed by atoms with Gasteiger partial charge in [-0.05, 0) is 15.9 Å². The Morgan fingerprint density at radius 3 is 2.67 bits per heavy atom. The van der Waals surface area contributed by atoms with E-state index in [-0.39, 0.29) is 19.2 Å². The summed E-state index contributed by atoms with van der Waals surface area (Å²) in [6.07, 6.45) is 1.51. The molecule has 0 aliphatic carbocycles. The Morgan fingerprint density at radius 1 is 1.47 bits per heavy atom. The number of aromatic nitrogens is 2. The molecule has 0 amide bonds. The molecule has 0 aliphatic heterocycles. The van der Waals surface area contributed by atoms with Crippen molar-refractivity contribution in [2.75, 3.05) is 24.0 Å². The predicted molar refractivity (Wildman–Crippen MR) is 59.1 cm³/mol. The van der Waals surface area contributed by atoms with E-state index in [1.807, 2.05) is 0 Å². The van der Waals surface area contributed by atoms with E-state index in [1.165, 1.54) is 6.20 Å². The van der Waals surface area contributed by atoms with Crippen LogP contribution in [0.25, 0.3) is 0 Å². The number of anilines is 2. The smallest absolute Gasteiger partial charge is 0.239 e. The molecule has 1 aromatic rings. The predicted octanol–water partition coefficient (Wildman–Crippen LogP) is -0.710. The molecule has 0 bridgehead atoms. The highest BCUT2D eigenvalue weighted by Gasteiger charge is 2.10. The van der Waals surface area contributed by atoms with Gasteiger partial charge in [-0.1, -0.05) is 0 Å². The van der Waals surface area contributed by atoms with Gasteiger partial charge in [0.25, 0.3) is 0 Å². The molecule has 1 rings (SSSR count). The number of hydrazine groups is 1. The summed E-state index contributed by atoms with van der Waals surface area (Å²) >= 11 is 3.23. The second-order valence-electron chi connectivity index (χ2n) is 2.74. The Labute approximate surface area is 94.8 Å². The van der Waals surface area contributed by atoms with E-state index in [0.717, 1.165) is 0 Å². The van der Waals surface area contributed by atoms with Crippen LogP contribution in [0.3, 0.4) is 0 Å². The topological polar surface area (TPSA) is 116 Å². The first-order valence-corrected chi connectivity index (χ1v) is 4.98. The number of nitrogens with one attached hydrogen (secondary N) is 2. The molecule has 0 unspecified atom stereocenters. The Kier molecular flexibility index (Phi) is 4.69. The molecule has 0 aliphatic rings. The van der Waals surface area contributed by atoms with E-state index in [1.54, 1.807) is 0 Å². The average molecular weight is 278 g/mol. The first-order valence-electron chi connectivity index (χ1n) is 4.18. The number of hydrogen-bond donors (Lipinski definition) is 5. The minimum absolute atomic E-state index is 0.196. The van der Waals surface area contributed by atoms with Gasteiger partial charge in [-0.25, -0.2) is 10.8 Å². The van der Waals surface area contributed by atoms with E-state index < -0.39 is 6.04 Å². The molecule has 0 spiro atoms. The summed E-state index contributed by atoms with van der Waals surface area (Å²) in [5.41, 5.74) is 2.30. The van der Waals surface area contributed by atoms with Crippen LogP contribution < -0.4 is 16.6 Å². The standard InChI is InChI=1S/C7H12BrN5O2/c8-5-1-10-7(13-9)12-6(5)11-4(2-14)3-15/h1,4,14-15H,2-3,9H2,(H2,10,11,12,13). The summed E-state index contributed by atoms with van der Waals surface area (Å²) < 4.78 is 0.619. The van der Waals surface area contributed by atoms with Gasteiger partial charge in [-0.15, -0.1) is 0 Å². The highest BCUT2D eigenvalue weighted by molar-refractivity contribution is 9.10. The number of nitrogen functional groups attached to an aromatic ring is 1. The van der Waals surface area contributed by atoms with Crippen LogP contribution in [0.2, 0.25) is 0 Å². The highest BCUT2D eigenvalue weighted by atomic mass is 79.9. The van der Waals surface area contributed by atoms with Gasteiger partial charge in [0.2, 0.25) is 5.95 Å². The van der Waals surface area contributed by atoms with Crippen molar-refractivity contribution in [1.82, 2.24) is 9.97 Å². The summed E-state index contributed by atoms with van der Waals surface area (Å²) in [4.78, 5) is 7.86. The zero-order valence-electron chi connectivity index (χ0n) is 7.81. The summed E-state index contributed by atoms with van der Waals surface area (Å²) in [6, 6.07) is -0.471. The second kappa shape index (κ2) is 5.81. The molecule has 15 heavy (non-hydrogen) atoms. The highest BCUT2D eigenvalue weighted by Crippen LogP contribution is 2.20. The number of rotatable bonds is 5. The zero-order valence-corrected chi connectivity index (χ0v) is 9.40. The zero-order chi connectivity index (χ0) is 11.3. The average Bonchev–Trinajstić information content (AvgIpc) is 2.28. The number of nitrogens with two attached hydrogens (primary N) is 1. The molecule has 0 atom stereocenters. The van der Waals surface area contributed by atoms with Crippen molar-refractivity contribution in [3.8, 4) is 0 Å². The quantitative estimate of drug-likeness (QED) is 0.357. The maximum absolute atomic E-state index is 8.88. The molecule has 6 N–H and O–H groups in total. The van der Waals surface area contributed by atoms with Gasteiger partial charge in [-0.2, -0.15) is 4.98 Å². The minimum Gasteiger partial charge on any atom is -0.394 e. The molecule has 0 saturated heterocycles. The Bertz CT molecular complexity index is 320. The fourth-order valence-corrected chi connectivity index (χ4v) is 1.19.